The topological polar surface area (TPSA) is 22.4 Å². The summed E-state index contributed by atoms with van der Waals surface area (Å²) in [6, 6.07) is 57.0. The maximum Gasteiger partial charge on any atom is 0.143 e. The van der Waals surface area contributed by atoms with Crippen molar-refractivity contribution in [2.24, 2.45) is 0 Å². The van der Waals surface area contributed by atoms with E-state index >= 15 is 0 Å². The molecule has 1 aromatic heterocycles. The summed E-state index contributed by atoms with van der Waals surface area (Å²) in [5.41, 5.74) is 12.5. The third-order valence-corrected chi connectivity index (χ3v) is 11.0. The van der Waals surface area contributed by atoms with Crippen molar-refractivity contribution in [3.8, 4) is 50.3 Å². The predicted molar refractivity (Wildman–Crippen MR) is 216 cm³/mol. The minimum Gasteiger partial charge on any atom is -0.484 e. The number of fused-ring (bicyclic) bond motifs is 8. The highest BCUT2D eigenvalue weighted by Crippen LogP contribution is 2.48. The lowest BCUT2D eigenvalue weighted by Crippen LogP contribution is -2.15. The molecule has 2 heterocycles. The number of rotatable bonds is 4. The van der Waals surface area contributed by atoms with E-state index in [0.29, 0.717) is 0 Å². The molecule has 244 valence electrons. The molecule has 2 heteroatoms. The zero-order valence-electron chi connectivity index (χ0n) is 28.3. The van der Waals surface area contributed by atoms with Gasteiger partial charge in [0.05, 0.1) is 0 Å². The highest BCUT2D eigenvalue weighted by molar-refractivity contribution is 6.21. The summed E-state index contributed by atoms with van der Waals surface area (Å²) in [5, 5.41) is 7.24. The van der Waals surface area contributed by atoms with Gasteiger partial charge in [-0.1, -0.05) is 164 Å². The van der Waals surface area contributed by atoms with E-state index in [2.05, 4.69) is 170 Å². The standard InChI is InChI=1S/C50H32O2/c1-3-18-41-39(16-1)47(32-28-26-31(27-29-32)35-20-10-22-43-37-14-5-7-24-45(37)51-49(35)43)40-17-2-4-19-42(40)48(41)34-13-9-12-33(30-34)36-21-11-23-44-38-15-6-8-25-46(38)52-50(36)44/h1-30,38,46H. The van der Waals surface area contributed by atoms with E-state index in [9.17, 15) is 0 Å². The van der Waals surface area contributed by atoms with Gasteiger partial charge >= 0.3 is 0 Å². The Labute approximate surface area is 301 Å². The van der Waals surface area contributed by atoms with Gasteiger partial charge in [-0.05, 0) is 73.1 Å². The molecule has 11 rings (SSSR count). The summed E-state index contributed by atoms with van der Waals surface area (Å²) in [7, 11) is 0. The quantitative estimate of drug-likeness (QED) is 0.175. The predicted octanol–water partition coefficient (Wildman–Crippen LogP) is 13.5. The summed E-state index contributed by atoms with van der Waals surface area (Å²) in [4.78, 5) is 0. The molecule has 8 aromatic carbocycles. The Morgan fingerprint density at radius 2 is 0.981 bits per heavy atom. The number of furan rings is 1. The van der Waals surface area contributed by atoms with Crippen LogP contribution in [0.1, 0.15) is 11.5 Å². The van der Waals surface area contributed by atoms with E-state index in [1.807, 2.05) is 12.1 Å². The van der Waals surface area contributed by atoms with Gasteiger partial charge in [-0.15, -0.1) is 0 Å². The van der Waals surface area contributed by atoms with Gasteiger partial charge in [0.2, 0.25) is 0 Å². The first-order valence-electron chi connectivity index (χ1n) is 18.0. The van der Waals surface area contributed by atoms with Gasteiger partial charge in [-0.3, -0.25) is 0 Å². The Bertz CT molecular complexity index is 2880. The highest BCUT2D eigenvalue weighted by Gasteiger charge is 2.33. The molecule has 9 aromatic rings. The molecule has 0 N–H and O–H groups in total. The molecular weight excluding hydrogens is 633 g/mol. The molecule has 2 unspecified atom stereocenters. The largest absolute Gasteiger partial charge is 0.484 e. The summed E-state index contributed by atoms with van der Waals surface area (Å²) in [6.45, 7) is 0. The van der Waals surface area contributed by atoms with Gasteiger partial charge < -0.3 is 9.15 Å². The van der Waals surface area contributed by atoms with Crippen LogP contribution in [0.5, 0.6) is 5.75 Å². The summed E-state index contributed by atoms with van der Waals surface area (Å²) < 4.78 is 13.0. The molecule has 2 atom stereocenters. The fourth-order valence-corrected chi connectivity index (χ4v) is 8.68. The Hall–Kier alpha value is -6.64. The molecule has 1 aliphatic carbocycles. The molecule has 2 nitrogen and oxygen atoms in total. The molecule has 0 amide bonds. The average Bonchev–Trinajstić information content (AvgIpc) is 3.79. The lowest BCUT2D eigenvalue weighted by atomic mass is 9.85. The Kier molecular flexibility index (Phi) is 6.41. The molecular formula is C50H32O2. The van der Waals surface area contributed by atoms with Gasteiger partial charge in [0.1, 0.15) is 23.0 Å². The highest BCUT2D eigenvalue weighted by atomic mass is 16.5. The molecule has 0 radical (unpaired) electrons. The van der Waals surface area contributed by atoms with Crippen LogP contribution < -0.4 is 4.74 Å². The van der Waals surface area contributed by atoms with Crippen LogP contribution in [0, 0.1) is 0 Å². The molecule has 0 spiro atoms. The van der Waals surface area contributed by atoms with Crippen LogP contribution in [0.15, 0.2) is 186 Å². The number of hydrogen-bond acceptors (Lipinski definition) is 2. The van der Waals surface area contributed by atoms with E-state index in [4.69, 9.17) is 9.15 Å². The van der Waals surface area contributed by atoms with Crippen molar-refractivity contribution >= 4 is 43.5 Å². The summed E-state index contributed by atoms with van der Waals surface area (Å²) >= 11 is 0. The zero-order valence-corrected chi connectivity index (χ0v) is 28.3. The third-order valence-electron chi connectivity index (χ3n) is 11.0. The zero-order chi connectivity index (χ0) is 34.2. The first kappa shape index (κ1) is 29.1. The minimum absolute atomic E-state index is 0.0535. The Balaban J connectivity index is 1.06. The second kappa shape index (κ2) is 11.4. The summed E-state index contributed by atoms with van der Waals surface area (Å²) in [5.74, 6) is 1.26. The second-order valence-electron chi connectivity index (χ2n) is 13.9. The van der Waals surface area contributed by atoms with Crippen molar-refractivity contribution < 1.29 is 9.15 Å². The van der Waals surface area contributed by atoms with Crippen molar-refractivity contribution in [1.82, 2.24) is 0 Å². The molecule has 1 aliphatic heterocycles. The fraction of sp³-hybridized carbons (Fsp3) is 0.0400. The summed E-state index contributed by atoms with van der Waals surface area (Å²) in [6.07, 6.45) is 8.69. The Morgan fingerprint density at radius 3 is 1.75 bits per heavy atom. The smallest absolute Gasteiger partial charge is 0.143 e. The van der Waals surface area contributed by atoms with Gasteiger partial charge in [-0.25, -0.2) is 0 Å². The lowest BCUT2D eigenvalue weighted by Gasteiger charge is -2.18. The van der Waals surface area contributed by atoms with Crippen molar-refractivity contribution in [2.45, 2.75) is 12.0 Å². The lowest BCUT2D eigenvalue weighted by molar-refractivity contribution is 0.270. The van der Waals surface area contributed by atoms with Gasteiger partial charge in [0.15, 0.2) is 0 Å². The maximum absolute atomic E-state index is 6.58. The number of para-hydroxylation sites is 3. The Morgan fingerprint density at radius 1 is 0.404 bits per heavy atom. The maximum atomic E-state index is 6.58. The number of benzene rings is 8. The van der Waals surface area contributed by atoms with E-state index in [1.165, 1.54) is 49.4 Å². The van der Waals surface area contributed by atoms with E-state index < -0.39 is 0 Å². The van der Waals surface area contributed by atoms with Crippen molar-refractivity contribution in [3.05, 3.63) is 188 Å². The van der Waals surface area contributed by atoms with Crippen LogP contribution >= 0.6 is 0 Å². The average molecular weight is 665 g/mol. The molecule has 52 heavy (non-hydrogen) atoms. The van der Waals surface area contributed by atoms with Crippen molar-refractivity contribution in [3.63, 3.8) is 0 Å². The minimum atomic E-state index is 0.0535. The van der Waals surface area contributed by atoms with Crippen molar-refractivity contribution in [1.29, 1.82) is 0 Å². The van der Waals surface area contributed by atoms with Crippen LogP contribution in [0.25, 0.3) is 88.0 Å². The fourth-order valence-electron chi connectivity index (χ4n) is 8.68. The number of allylic oxidation sites excluding steroid dienone is 2. The first-order valence-corrected chi connectivity index (χ1v) is 18.0. The van der Waals surface area contributed by atoms with Gasteiger partial charge in [0, 0.05) is 33.4 Å². The third kappa shape index (κ3) is 4.37. The van der Waals surface area contributed by atoms with E-state index in [0.717, 1.165) is 49.9 Å². The van der Waals surface area contributed by atoms with Crippen LogP contribution in [-0.4, -0.2) is 6.10 Å². The second-order valence-corrected chi connectivity index (χ2v) is 13.9. The normalized spacial score (nSPS) is 16.1. The SMILES string of the molecule is C1=CC2Oc3c(-c4cccc(-c5c6ccccc6c(-c6ccc(-c7cccc8c7oc7ccccc78)cc6)c6ccccc56)c4)cccc3C2C=C1. The van der Waals surface area contributed by atoms with Crippen LogP contribution in [0.3, 0.4) is 0 Å². The molecule has 0 saturated heterocycles. The molecule has 0 saturated carbocycles. The van der Waals surface area contributed by atoms with Crippen molar-refractivity contribution in [2.75, 3.05) is 0 Å². The van der Waals surface area contributed by atoms with Gasteiger partial charge in [0.25, 0.3) is 0 Å². The van der Waals surface area contributed by atoms with Gasteiger partial charge in [-0.2, -0.15) is 0 Å². The monoisotopic (exact) mass is 664 g/mol. The number of hydrogen-bond donors (Lipinski definition) is 0. The number of ether oxygens (including phenoxy) is 1. The molecule has 2 aliphatic rings. The molecule has 0 bridgehead atoms. The van der Waals surface area contributed by atoms with E-state index in [1.54, 1.807) is 0 Å². The van der Waals surface area contributed by atoms with Crippen LogP contribution in [0.2, 0.25) is 0 Å². The first-order chi connectivity index (χ1) is 25.8. The van der Waals surface area contributed by atoms with Crippen LogP contribution in [0.4, 0.5) is 0 Å². The van der Waals surface area contributed by atoms with Crippen LogP contribution in [-0.2, 0) is 0 Å². The molecule has 0 fully saturated rings. The van der Waals surface area contributed by atoms with E-state index in [-0.39, 0.29) is 12.0 Å².